The van der Waals surface area contributed by atoms with Crippen LogP contribution in [0.5, 0.6) is 11.5 Å². The first-order chi connectivity index (χ1) is 21.2. The SMILES string of the molecule is Cc1ccc(C)n1-c1ccc(OCc2ccc(C(=O)N/N=C/c3ccc(OCC(=O)Nc4ccc(Cl)cc4)c(Cl)c3)o2)cc1. The van der Waals surface area contributed by atoms with E-state index in [9.17, 15) is 9.59 Å². The summed E-state index contributed by atoms with van der Waals surface area (Å²) in [5.74, 6) is 0.715. The van der Waals surface area contributed by atoms with Crippen LogP contribution in [-0.4, -0.2) is 29.2 Å². The van der Waals surface area contributed by atoms with Crippen molar-refractivity contribution in [3.8, 4) is 17.2 Å². The lowest BCUT2D eigenvalue weighted by Gasteiger charge is -2.10. The molecule has 0 aliphatic carbocycles. The first kappa shape index (κ1) is 30.5. The fraction of sp³-hybridized carbons (Fsp3) is 0.121. The van der Waals surface area contributed by atoms with Crippen molar-refractivity contribution in [2.75, 3.05) is 11.9 Å². The van der Waals surface area contributed by atoms with Gasteiger partial charge in [-0.1, -0.05) is 23.2 Å². The summed E-state index contributed by atoms with van der Waals surface area (Å²) in [6.45, 7) is 4.05. The highest BCUT2D eigenvalue weighted by Crippen LogP contribution is 2.25. The molecule has 2 aromatic heterocycles. The van der Waals surface area contributed by atoms with Crippen LogP contribution in [0.3, 0.4) is 0 Å². The van der Waals surface area contributed by atoms with Gasteiger partial charge in [0, 0.05) is 27.8 Å². The van der Waals surface area contributed by atoms with Crippen LogP contribution < -0.4 is 20.2 Å². The van der Waals surface area contributed by atoms with Crippen LogP contribution in [0.2, 0.25) is 10.0 Å². The summed E-state index contributed by atoms with van der Waals surface area (Å²) in [7, 11) is 0. The number of anilines is 1. The summed E-state index contributed by atoms with van der Waals surface area (Å²) in [5, 5.41) is 7.52. The molecule has 0 saturated carbocycles. The van der Waals surface area contributed by atoms with Crippen LogP contribution >= 0.6 is 23.2 Å². The van der Waals surface area contributed by atoms with Crippen LogP contribution in [0, 0.1) is 13.8 Å². The summed E-state index contributed by atoms with van der Waals surface area (Å²) in [6.07, 6.45) is 1.42. The highest BCUT2D eigenvalue weighted by Gasteiger charge is 2.12. The minimum atomic E-state index is -0.521. The maximum Gasteiger partial charge on any atom is 0.307 e. The summed E-state index contributed by atoms with van der Waals surface area (Å²) in [6, 6.07) is 26.8. The lowest BCUT2D eigenvalue weighted by Crippen LogP contribution is -2.20. The Kier molecular flexibility index (Phi) is 9.69. The van der Waals surface area contributed by atoms with Crippen molar-refractivity contribution >= 4 is 46.9 Å². The van der Waals surface area contributed by atoms with Crippen LogP contribution in [0.25, 0.3) is 5.69 Å². The number of carbonyl (C=O) groups is 2. The van der Waals surface area contributed by atoms with Gasteiger partial charge in [-0.15, -0.1) is 0 Å². The summed E-state index contributed by atoms with van der Waals surface area (Å²) < 4.78 is 19.1. The van der Waals surface area contributed by atoms with Gasteiger partial charge in [0.1, 0.15) is 23.9 Å². The molecule has 2 N–H and O–H groups in total. The number of benzene rings is 3. The van der Waals surface area contributed by atoms with Crippen molar-refractivity contribution in [2.24, 2.45) is 5.10 Å². The molecule has 0 spiro atoms. The molecule has 0 aliphatic heterocycles. The van der Waals surface area contributed by atoms with Gasteiger partial charge in [0.25, 0.3) is 5.91 Å². The molecule has 0 unspecified atom stereocenters. The third-order valence-corrected chi connectivity index (χ3v) is 7.00. The zero-order valence-corrected chi connectivity index (χ0v) is 25.4. The van der Waals surface area contributed by atoms with Crippen molar-refractivity contribution in [3.05, 3.63) is 130 Å². The maximum absolute atomic E-state index is 12.5. The van der Waals surface area contributed by atoms with E-state index < -0.39 is 5.91 Å². The third kappa shape index (κ3) is 7.89. The predicted molar refractivity (Wildman–Crippen MR) is 170 cm³/mol. The quantitative estimate of drug-likeness (QED) is 0.117. The minimum Gasteiger partial charge on any atom is -0.486 e. The number of ether oxygens (including phenoxy) is 2. The number of aromatic nitrogens is 1. The number of rotatable bonds is 11. The topological polar surface area (TPSA) is 107 Å². The van der Waals surface area contributed by atoms with Crippen LogP contribution in [0.15, 0.2) is 101 Å². The number of nitrogens with zero attached hydrogens (tertiary/aromatic N) is 2. The Balaban J connectivity index is 1.07. The molecule has 0 bridgehead atoms. The number of hydrogen-bond acceptors (Lipinski definition) is 6. The van der Waals surface area contributed by atoms with Gasteiger partial charge < -0.3 is 23.8 Å². The van der Waals surface area contributed by atoms with E-state index in [1.165, 1.54) is 6.21 Å². The van der Waals surface area contributed by atoms with Gasteiger partial charge in [0.2, 0.25) is 0 Å². The molecule has 0 radical (unpaired) electrons. The standard InChI is InChI=1S/C33H28Cl2N4O5/c1-21-3-4-22(2)39(21)26-10-12-27(13-11-26)42-19-28-14-16-31(44-28)33(41)38-36-18-23-5-15-30(29(35)17-23)43-20-32(40)37-25-8-6-24(34)7-9-25/h3-18H,19-20H2,1-2H3,(H,37,40)(H,38,41)/b36-18+. The molecule has 5 aromatic rings. The van der Waals surface area contributed by atoms with E-state index in [1.54, 1.807) is 54.6 Å². The number of halogens is 2. The summed E-state index contributed by atoms with van der Waals surface area (Å²) in [4.78, 5) is 24.6. The molecule has 0 saturated heterocycles. The average molecular weight is 632 g/mol. The van der Waals surface area contributed by atoms with Gasteiger partial charge in [-0.3, -0.25) is 9.59 Å². The molecule has 0 atom stereocenters. The first-order valence-electron chi connectivity index (χ1n) is 13.5. The first-order valence-corrected chi connectivity index (χ1v) is 14.3. The molecule has 2 amide bonds. The number of furan rings is 1. The number of hydrazone groups is 1. The average Bonchev–Trinajstić information content (AvgIpc) is 3.63. The van der Waals surface area contributed by atoms with Gasteiger partial charge in [-0.25, -0.2) is 5.43 Å². The highest BCUT2D eigenvalue weighted by molar-refractivity contribution is 6.32. The molecule has 5 rings (SSSR count). The molecule has 224 valence electrons. The molecule has 3 aromatic carbocycles. The number of carbonyl (C=O) groups excluding carboxylic acids is 2. The molecular formula is C33H28Cl2N4O5. The van der Waals surface area contributed by atoms with Crippen molar-refractivity contribution in [1.29, 1.82) is 0 Å². The Morgan fingerprint density at radius 2 is 1.61 bits per heavy atom. The van der Waals surface area contributed by atoms with E-state index in [4.69, 9.17) is 37.1 Å². The minimum absolute atomic E-state index is 0.0910. The lowest BCUT2D eigenvalue weighted by atomic mass is 10.2. The molecule has 0 fully saturated rings. The second kappa shape index (κ2) is 14.0. The van der Waals surface area contributed by atoms with Gasteiger partial charge in [0.15, 0.2) is 12.4 Å². The monoisotopic (exact) mass is 630 g/mol. The van der Waals surface area contributed by atoms with E-state index in [2.05, 4.69) is 46.4 Å². The number of nitrogens with one attached hydrogen (secondary N) is 2. The fourth-order valence-electron chi connectivity index (χ4n) is 4.31. The Labute approximate surface area is 264 Å². The van der Waals surface area contributed by atoms with Gasteiger partial charge >= 0.3 is 5.91 Å². The number of amides is 2. The molecule has 44 heavy (non-hydrogen) atoms. The Bertz CT molecular complexity index is 1770. The smallest absolute Gasteiger partial charge is 0.307 e. The van der Waals surface area contributed by atoms with Crippen LogP contribution in [-0.2, 0) is 11.4 Å². The van der Waals surface area contributed by atoms with Crippen molar-refractivity contribution in [2.45, 2.75) is 20.5 Å². The molecule has 0 aliphatic rings. The largest absolute Gasteiger partial charge is 0.486 e. The Morgan fingerprint density at radius 1 is 0.886 bits per heavy atom. The van der Waals surface area contributed by atoms with E-state index in [1.807, 2.05) is 24.3 Å². The van der Waals surface area contributed by atoms with Gasteiger partial charge in [-0.2, -0.15) is 5.10 Å². The third-order valence-electron chi connectivity index (χ3n) is 6.46. The fourth-order valence-corrected chi connectivity index (χ4v) is 4.68. The summed E-state index contributed by atoms with van der Waals surface area (Å²) >= 11 is 12.2. The van der Waals surface area contributed by atoms with Gasteiger partial charge in [-0.05, 0) is 110 Å². The Morgan fingerprint density at radius 3 is 2.32 bits per heavy atom. The van der Waals surface area contributed by atoms with E-state index >= 15 is 0 Å². The number of hydrogen-bond donors (Lipinski definition) is 2. The second-order valence-electron chi connectivity index (χ2n) is 9.73. The predicted octanol–water partition coefficient (Wildman–Crippen LogP) is 7.35. The highest BCUT2D eigenvalue weighted by atomic mass is 35.5. The van der Waals surface area contributed by atoms with Crippen molar-refractivity contribution in [3.63, 3.8) is 0 Å². The van der Waals surface area contributed by atoms with Crippen LogP contribution in [0.4, 0.5) is 5.69 Å². The molecular weight excluding hydrogens is 603 g/mol. The number of aryl methyl sites for hydroxylation is 2. The van der Waals surface area contributed by atoms with Crippen LogP contribution in [0.1, 0.15) is 33.3 Å². The second-order valence-corrected chi connectivity index (χ2v) is 10.6. The summed E-state index contributed by atoms with van der Waals surface area (Å²) in [5.41, 5.74) is 6.99. The lowest BCUT2D eigenvalue weighted by molar-refractivity contribution is -0.118. The zero-order chi connectivity index (χ0) is 31.1. The molecule has 2 heterocycles. The van der Waals surface area contributed by atoms with Gasteiger partial charge in [0.05, 0.1) is 11.2 Å². The van der Waals surface area contributed by atoms with E-state index in [-0.39, 0.29) is 29.9 Å². The van der Waals surface area contributed by atoms with E-state index in [0.29, 0.717) is 33.5 Å². The molecule has 9 nitrogen and oxygen atoms in total. The van der Waals surface area contributed by atoms with E-state index in [0.717, 1.165) is 17.1 Å². The zero-order valence-electron chi connectivity index (χ0n) is 23.8. The Hall–Kier alpha value is -4.99. The maximum atomic E-state index is 12.5. The van der Waals surface area contributed by atoms with Crippen molar-refractivity contribution < 1.29 is 23.5 Å². The van der Waals surface area contributed by atoms with Crippen molar-refractivity contribution in [1.82, 2.24) is 9.99 Å². The molecule has 11 heteroatoms. The normalized spacial score (nSPS) is 11.0.